The number of hydrogen-bond donors (Lipinski definition) is 0. The van der Waals surface area contributed by atoms with Crippen LogP contribution in [0, 0.1) is 18.3 Å². The summed E-state index contributed by atoms with van der Waals surface area (Å²) < 4.78 is 5.06. The number of aryl methyl sites for hydroxylation is 1. The van der Waals surface area contributed by atoms with E-state index in [1.54, 1.807) is 18.6 Å². The van der Waals surface area contributed by atoms with Crippen molar-refractivity contribution in [1.82, 2.24) is 0 Å². The highest BCUT2D eigenvalue weighted by atomic mass is 32.1. The van der Waals surface area contributed by atoms with E-state index in [1.165, 1.54) is 11.3 Å². The highest BCUT2D eigenvalue weighted by Gasteiger charge is 2.23. The van der Waals surface area contributed by atoms with Crippen LogP contribution < -0.4 is 4.74 Å². The lowest BCUT2D eigenvalue weighted by molar-refractivity contribution is 0.0982. The van der Waals surface area contributed by atoms with Gasteiger partial charge in [-0.15, -0.1) is 11.3 Å². The lowest BCUT2D eigenvalue weighted by Gasteiger charge is -2.07. The summed E-state index contributed by atoms with van der Waals surface area (Å²) in [6.45, 7) is 1.97. The van der Waals surface area contributed by atoms with Gasteiger partial charge in [-0.25, -0.2) is 0 Å². The standard InChI is InChI=1S/C15H13NO2S/c1-10-3-5-11(6-4-10)13(8-16)15(17)14-7-12(18-2)9-19-14/h3-7,9,13H,1-2H3. The quantitative estimate of drug-likeness (QED) is 0.799. The summed E-state index contributed by atoms with van der Waals surface area (Å²) in [5.74, 6) is -0.294. The van der Waals surface area contributed by atoms with Crippen LogP contribution in [0.3, 0.4) is 0 Å². The van der Waals surface area contributed by atoms with Gasteiger partial charge in [0.1, 0.15) is 11.7 Å². The first-order valence-corrected chi connectivity index (χ1v) is 6.66. The van der Waals surface area contributed by atoms with Crippen LogP contribution in [-0.4, -0.2) is 12.9 Å². The molecule has 0 aliphatic carbocycles. The van der Waals surface area contributed by atoms with Gasteiger partial charge in [-0.3, -0.25) is 4.79 Å². The van der Waals surface area contributed by atoms with Crippen LogP contribution in [0.2, 0.25) is 0 Å². The van der Waals surface area contributed by atoms with Gasteiger partial charge in [0.25, 0.3) is 0 Å². The molecule has 0 fully saturated rings. The molecule has 0 bridgehead atoms. The summed E-state index contributed by atoms with van der Waals surface area (Å²) >= 11 is 1.30. The minimum atomic E-state index is -0.760. The fourth-order valence-electron chi connectivity index (χ4n) is 1.74. The molecule has 0 spiro atoms. The number of Topliss-reactive ketones (excluding diaryl/α,β-unsaturated/α-hetero) is 1. The van der Waals surface area contributed by atoms with Crippen LogP contribution >= 0.6 is 11.3 Å². The lowest BCUT2D eigenvalue weighted by atomic mass is 9.94. The number of benzene rings is 1. The maximum Gasteiger partial charge on any atom is 0.194 e. The van der Waals surface area contributed by atoms with Crippen LogP contribution in [0.5, 0.6) is 5.75 Å². The Balaban J connectivity index is 2.29. The maximum atomic E-state index is 12.3. The van der Waals surface area contributed by atoms with E-state index in [9.17, 15) is 10.1 Å². The molecule has 0 aliphatic heterocycles. The van der Waals surface area contributed by atoms with Crippen molar-refractivity contribution in [2.45, 2.75) is 12.8 Å². The number of methoxy groups -OCH3 is 1. The maximum absolute atomic E-state index is 12.3. The third-order valence-electron chi connectivity index (χ3n) is 2.86. The number of ketones is 1. The van der Waals surface area contributed by atoms with Crippen LogP contribution in [0.1, 0.15) is 26.7 Å². The minimum absolute atomic E-state index is 0.181. The molecule has 1 heterocycles. The zero-order chi connectivity index (χ0) is 13.8. The van der Waals surface area contributed by atoms with Crippen LogP contribution in [0.4, 0.5) is 0 Å². The first-order chi connectivity index (χ1) is 9.15. The Morgan fingerprint density at radius 3 is 2.58 bits per heavy atom. The molecule has 0 saturated heterocycles. The SMILES string of the molecule is COc1csc(C(=O)C(C#N)c2ccc(C)cc2)c1. The highest BCUT2D eigenvalue weighted by molar-refractivity contribution is 7.12. The second kappa shape index (κ2) is 5.68. The molecule has 0 aliphatic rings. The number of carbonyl (C=O) groups is 1. The average Bonchev–Trinajstić information content (AvgIpc) is 2.90. The number of nitriles is 1. The molecule has 1 atom stereocenters. The predicted molar refractivity (Wildman–Crippen MR) is 74.7 cm³/mol. The van der Waals surface area contributed by atoms with Crippen molar-refractivity contribution < 1.29 is 9.53 Å². The third-order valence-corrected chi connectivity index (χ3v) is 3.78. The van der Waals surface area contributed by atoms with Crippen molar-refractivity contribution in [2.24, 2.45) is 0 Å². The van der Waals surface area contributed by atoms with Gasteiger partial charge >= 0.3 is 0 Å². The zero-order valence-electron chi connectivity index (χ0n) is 10.7. The van der Waals surface area contributed by atoms with Crippen molar-refractivity contribution in [2.75, 3.05) is 7.11 Å². The van der Waals surface area contributed by atoms with Gasteiger partial charge < -0.3 is 4.74 Å². The van der Waals surface area contributed by atoms with E-state index in [0.29, 0.717) is 10.6 Å². The smallest absolute Gasteiger partial charge is 0.194 e. The summed E-state index contributed by atoms with van der Waals surface area (Å²) in [6, 6.07) is 11.2. The fraction of sp³-hybridized carbons (Fsp3) is 0.200. The lowest BCUT2D eigenvalue weighted by Crippen LogP contribution is -2.09. The van der Waals surface area contributed by atoms with E-state index in [2.05, 4.69) is 6.07 Å². The van der Waals surface area contributed by atoms with Gasteiger partial charge in [0.15, 0.2) is 5.78 Å². The van der Waals surface area contributed by atoms with Gasteiger partial charge in [0.05, 0.1) is 18.1 Å². The van der Waals surface area contributed by atoms with Crippen LogP contribution in [0.25, 0.3) is 0 Å². The molecule has 0 radical (unpaired) electrons. The Bertz CT molecular complexity index is 622. The second-order valence-corrected chi connectivity index (χ2v) is 5.10. The molecule has 0 saturated carbocycles. The number of rotatable bonds is 4. The van der Waals surface area contributed by atoms with Gasteiger partial charge in [-0.1, -0.05) is 29.8 Å². The molecule has 1 unspecified atom stereocenters. The molecule has 1 aromatic heterocycles. The minimum Gasteiger partial charge on any atom is -0.496 e. The summed E-state index contributed by atoms with van der Waals surface area (Å²) in [6.07, 6.45) is 0. The number of nitrogens with zero attached hydrogens (tertiary/aromatic N) is 1. The van der Waals surface area contributed by atoms with Crippen molar-refractivity contribution in [3.63, 3.8) is 0 Å². The highest BCUT2D eigenvalue weighted by Crippen LogP contribution is 2.27. The van der Waals surface area contributed by atoms with Crippen molar-refractivity contribution >= 4 is 17.1 Å². The monoisotopic (exact) mass is 271 g/mol. The van der Waals surface area contributed by atoms with Crippen molar-refractivity contribution in [1.29, 1.82) is 5.26 Å². The Morgan fingerprint density at radius 2 is 2.05 bits per heavy atom. The first-order valence-electron chi connectivity index (χ1n) is 5.78. The molecule has 3 nitrogen and oxygen atoms in total. The molecule has 0 N–H and O–H groups in total. The molecule has 1 aromatic carbocycles. The first kappa shape index (κ1) is 13.3. The van der Waals surface area contributed by atoms with Gasteiger partial charge in [-0.05, 0) is 12.5 Å². The summed E-state index contributed by atoms with van der Waals surface area (Å²) in [5, 5.41) is 11.0. The Hall–Kier alpha value is -2.12. The molecular formula is C15H13NO2S. The fourth-order valence-corrected chi connectivity index (χ4v) is 2.57. The van der Waals surface area contributed by atoms with E-state index in [1.807, 2.05) is 31.2 Å². The zero-order valence-corrected chi connectivity index (χ0v) is 11.5. The molecule has 0 amide bonds. The topological polar surface area (TPSA) is 50.1 Å². The van der Waals surface area contributed by atoms with Crippen molar-refractivity contribution in [3.8, 4) is 11.8 Å². The van der Waals surface area contributed by atoms with Gasteiger partial charge in [0.2, 0.25) is 0 Å². The molecular weight excluding hydrogens is 258 g/mol. The van der Waals surface area contributed by atoms with E-state index in [4.69, 9.17) is 4.74 Å². The Labute approximate surface area is 116 Å². The van der Waals surface area contributed by atoms with Crippen molar-refractivity contribution in [3.05, 3.63) is 51.7 Å². The second-order valence-electron chi connectivity index (χ2n) is 4.19. The molecule has 2 rings (SSSR count). The molecule has 2 aromatic rings. The van der Waals surface area contributed by atoms with Gasteiger partial charge in [-0.2, -0.15) is 5.26 Å². The van der Waals surface area contributed by atoms with Crippen LogP contribution in [0.15, 0.2) is 35.7 Å². The van der Waals surface area contributed by atoms with Crippen LogP contribution in [-0.2, 0) is 0 Å². The van der Waals surface area contributed by atoms with E-state index < -0.39 is 5.92 Å². The molecule has 96 valence electrons. The summed E-state index contributed by atoms with van der Waals surface area (Å²) in [4.78, 5) is 12.9. The Kier molecular flexibility index (Phi) is 3.98. The summed E-state index contributed by atoms with van der Waals surface area (Å²) in [5.41, 5.74) is 1.83. The molecule has 19 heavy (non-hydrogen) atoms. The third kappa shape index (κ3) is 2.83. The van der Waals surface area contributed by atoms with E-state index >= 15 is 0 Å². The number of ether oxygens (including phenoxy) is 1. The normalized spacial score (nSPS) is 11.6. The average molecular weight is 271 g/mol. The molecule has 4 heteroatoms. The predicted octanol–water partition coefficient (Wildman–Crippen LogP) is 3.56. The van der Waals surface area contributed by atoms with Gasteiger partial charge in [0, 0.05) is 11.4 Å². The largest absolute Gasteiger partial charge is 0.496 e. The number of thiophene rings is 1. The van der Waals surface area contributed by atoms with E-state index in [-0.39, 0.29) is 5.78 Å². The number of carbonyl (C=O) groups excluding carboxylic acids is 1. The number of hydrogen-bond acceptors (Lipinski definition) is 4. The van der Waals surface area contributed by atoms with E-state index in [0.717, 1.165) is 11.1 Å². The summed E-state index contributed by atoms with van der Waals surface area (Å²) in [7, 11) is 1.55. The Morgan fingerprint density at radius 1 is 1.37 bits per heavy atom.